The molecule has 0 atom stereocenters. The van der Waals surface area contributed by atoms with Crippen molar-refractivity contribution in [2.24, 2.45) is 5.73 Å². The zero-order chi connectivity index (χ0) is 11.4. The summed E-state index contributed by atoms with van der Waals surface area (Å²) >= 11 is 0. The predicted molar refractivity (Wildman–Crippen MR) is 66.4 cm³/mol. The highest BCUT2D eigenvalue weighted by molar-refractivity contribution is 5.50. The Morgan fingerprint density at radius 2 is 2.19 bits per heavy atom. The number of hydrogen-bond donors (Lipinski definition) is 2. The van der Waals surface area contributed by atoms with E-state index in [2.05, 4.69) is 17.0 Å². The molecule has 1 aliphatic carbocycles. The van der Waals surface area contributed by atoms with Gasteiger partial charge in [-0.1, -0.05) is 12.1 Å². The second-order valence-corrected chi connectivity index (χ2v) is 4.38. The Morgan fingerprint density at radius 3 is 2.75 bits per heavy atom. The molecule has 16 heavy (non-hydrogen) atoms. The molecule has 1 fully saturated rings. The van der Waals surface area contributed by atoms with Crippen LogP contribution < -0.4 is 10.6 Å². The molecular formula is C13H20N2O. The fourth-order valence-corrected chi connectivity index (χ4v) is 2.19. The third-order valence-electron chi connectivity index (χ3n) is 3.33. The molecule has 1 aromatic rings. The van der Waals surface area contributed by atoms with Crippen LogP contribution in [0.1, 0.15) is 24.8 Å². The van der Waals surface area contributed by atoms with Crippen molar-refractivity contribution in [3.8, 4) is 0 Å². The maximum absolute atomic E-state index is 9.13. The van der Waals surface area contributed by atoms with E-state index >= 15 is 0 Å². The molecule has 0 radical (unpaired) electrons. The van der Waals surface area contributed by atoms with Crippen molar-refractivity contribution in [2.45, 2.75) is 31.8 Å². The Labute approximate surface area is 96.9 Å². The van der Waals surface area contributed by atoms with E-state index in [0.29, 0.717) is 12.6 Å². The molecule has 88 valence electrons. The van der Waals surface area contributed by atoms with Crippen molar-refractivity contribution in [1.82, 2.24) is 0 Å². The molecule has 1 aromatic carbocycles. The average Bonchev–Trinajstić information content (AvgIpc) is 2.26. The van der Waals surface area contributed by atoms with E-state index in [4.69, 9.17) is 10.8 Å². The van der Waals surface area contributed by atoms with Gasteiger partial charge in [-0.25, -0.2) is 0 Å². The molecule has 0 aromatic heterocycles. The van der Waals surface area contributed by atoms with Crippen molar-refractivity contribution in [3.05, 3.63) is 29.8 Å². The van der Waals surface area contributed by atoms with E-state index in [0.717, 1.165) is 12.1 Å². The fourth-order valence-electron chi connectivity index (χ4n) is 2.19. The largest absolute Gasteiger partial charge is 0.395 e. The number of nitrogens with zero attached hydrogens (tertiary/aromatic N) is 1. The van der Waals surface area contributed by atoms with Crippen LogP contribution >= 0.6 is 0 Å². The van der Waals surface area contributed by atoms with Gasteiger partial charge >= 0.3 is 0 Å². The molecule has 3 nitrogen and oxygen atoms in total. The van der Waals surface area contributed by atoms with Crippen LogP contribution in [0.2, 0.25) is 0 Å². The zero-order valence-corrected chi connectivity index (χ0v) is 9.60. The highest BCUT2D eigenvalue weighted by atomic mass is 16.3. The van der Waals surface area contributed by atoms with Crippen molar-refractivity contribution in [3.63, 3.8) is 0 Å². The minimum absolute atomic E-state index is 0.212. The first-order valence-corrected chi connectivity index (χ1v) is 6.01. The molecule has 0 unspecified atom stereocenters. The summed E-state index contributed by atoms with van der Waals surface area (Å²) in [5, 5.41) is 9.13. The van der Waals surface area contributed by atoms with E-state index in [1.54, 1.807) is 0 Å². The van der Waals surface area contributed by atoms with E-state index in [1.165, 1.54) is 24.9 Å². The lowest BCUT2D eigenvalue weighted by atomic mass is 9.91. The van der Waals surface area contributed by atoms with Crippen LogP contribution in [0.4, 0.5) is 5.69 Å². The summed E-state index contributed by atoms with van der Waals surface area (Å²) in [6, 6.07) is 8.93. The Kier molecular flexibility index (Phi) is 3.80. The van der Waals surface area contributed by atoms with Gasteiger partial charge in [0.25, 0.3) is 0 Å². The molecule has 0 spiro atoms. The van der Waals surface area contributed by atoms with Gasteiger partial charge in [0, 0.05) is 24.8 Å². The van der Waals surface area contributed by atoms with E-state index < -0.39 is 0 Å². The quantitative estimate of drug-likeness (QED) is 0.790. The molecule has 3 N–H and O–H groups in total. The Morgan fingerprint density at radius 1 is 1.38 bits per heavy atom. The Hall–Kier alpha value is -1.06. The Balaban J connectivity index is 2.16. The zero-order valence-electron chi connectivity index (χ0n) is 9.60. The second-order valence-electron chi connectivity index (χ2n) is 4.38. The van der Waals surface area contributed by atoms with Gasteiger partial charge in [0.15, 0.2) is 0 Å². The molecule has 1 aliphatic rings. The molecule has 3 heteroatoms. The second kappa shape index (κ2) is 5.32. The molecule has 0 bridgehead atoms. The van der Waals surface area contributed by atoms with E-state index in [-0.39, 0.29) is 6.61 Å². The van der Waals surface area contributed by atoms with Crippen LogP contribution in [0.3, 0.4) is 0 Å². The normalized spacial score (nSPS) is 15.9. The first-order valence-electron chi connectivity index (χ1n) is 6.01. The van der Waals surface area contributed by atoms with Gasteiger partial charge in [0.2, 0.25) is 0 Å². The summed E-state index contributed by atoms with van der Waals surface area (Å²) in [6.07, 6.45) is 3.79. The van der Waals surface area contributed by atoms with Gasteiger partial charge < -0.3 is 15.7 Å². The number of anilines is 1. The van der Waals surface area contributed by atoms with Crippen LogP contribution in [0.15, 0.2) is 24.3 Å². The highest BCUT2D eigenvalue weighted by Gasteiger charge is 2.24. The van der Waals surface area contributed by atoms with E-state index in [1.807, 2.05) is 12.1 Å². The fraction of sp³-hybridized carbons (Fsp3) is 0.538. The van der Waals surface area contributed by atoms with Gasteiger partial charge in [-0.05, 0) is 37.0 Å². The monoisotopic (exact) mass is 220 g/mol. The lowest BCUT2D eigenvalue weighted by Crippen LogP contribution is -2.42. The summed E-state index contributed by atoms with van der Waals surface area (Å²) in [6.45, 7) is 1.51. The Bertz CT molecular complexity index is 336. The summed E-state index contributed by atoms with van der Waals surface area (Å²) in [5.41, 5.74) is 8.00. The molecule has 2 rings (SSSR count). The van der Waals surface area contributed by atoms with Crippen molar-refractivity contribution >= 4 is 5.69 Å². The van der Waals surface area contributed by atoms with Gasteiger partial charge in [-0.3, -0.25) is 0 Å². The third-order valence-corrected chi connectivity index (χ3v) is 3.33. The third kappa shape index (κ3) is 2.36. The number of benzene rings is 1. The van der Waals surface area contributed by atoms with Crippen LogP contribution in [-0.4, -0.2) is 24.3 Å². The minimum atomic E-state index is 0.212. The highest BCUT2D eigenvalue weighted by Crippen LogP contribution is 2.29. The maximum Gasteiger partial charge on any atom is 0.0606 e. The molecular weight excluding hydrogens is 200 g/mol. The summed E-state index contributed by atoms with van der Waals surface area (Å²) in [5.74, 6) is 0. The number of hydrogen-bond acceptors (Lipinski definition) is 3. The summed E-state index contributed by atoms with van der Waals surface area (Å²) in [7, 11) is 0. The van der Waals surface area contributed by atoms with Gasteiger partial charge in [-0.2, -0.15) is 0 Å². The molecule has 0 amide bonds. The van der Waals surface area contributed by atoms with E-state index in [9.17, 15) is 0 Å². The average molecular weight is 220 g/mol. The minimum Gasteiger partial charge on any atom is -0.395 e. The molecule has 1 saturated carbocycles. The number of rotatable bonds is 5. The first-order chi connectivity index (χ1) is 7.85. The summed E-state index contributed by atoms with van der Waals surface area (Å²) in [4.78, 5) is 2.31. The van der Waals surface area contributed by atoms with Crippen LogP contribution in [0.5, 0.6) is 0 Å². The van der Waals surface area contributed by atoms with Crippen LogP contribution in [0.25, 0.3) is 0 Å². The van der Waals surface area contributed by atoms with Crippen LogP contribution in [0, 0.1) is 0 Å². The van der Waals surface area contributed by atoms with Gasteiger partial charge in [-0.15, -0.1) is 0 Å². The van der Waals surface area contributed by atoms with Crippen molar-refractivity contribution in [2.75, 3.05) is 18.1 Å². The first kappa shape index (κ1) is 11.4. The SMILES string of the molecule is NCc1cccc(N(CCO)C2CCC2)c1. The van der Waals surface area contributed by atoms with Crippen molar-refractivity contribution in [1.29, 1.82) is 0 Å². The number of aliphatic hydroxyl groups is 1. The molecule has 0 heterocycles. The lowest BCUT2D eigenvalue weighted by molar-refractivity contribution is 0.283. The summed E-state index contributed by atoms with van der Waals surface area (Å²) < 4.78 is 0. The van der Waals surface area contributed by atoms with Crippen molar-refractivity contribution < 1.29 is 5.11 Å². The lowest BCUT2D eigenvalue weighted by Gasteiger charge is -2.39. The van der Waals surface area contributed by atoms with Gasteiger partial charge in [0.1, 0.15) is 0 Å². The van der Waals surface area contributed by atoms with Gasteiger partial charge in [0.05, 0.1) is 6.61 Å². The topological polar surface area (TPSA) is 49.5 Å². The molecule has 0 aliphatic heterocycles. The standard InChI is InChI=1S/C13H20N2O/c14-10-11-3-1-6-13(9-11)15(7-8-16)12-4-2-5-12/h1,3,6,9,12,16H,2,4-5,7-8,10,14H2. The number of aliphatic hydroxyl groups excluding tert-OH is 1. The molecule has 0 saturated heterocycles. The number of nitrogens with two attached hydrogens (primary N) is 1. The van der Waals surface area contributed by atoms with Crippen LogP contribution in [-0.2, 0) is 6.54 Å². The maximum atomic E-state index is 9.13. The smallest absolute Gasteiger partial charge is 0.0606 e. The predicted octanol–water partition coefficient (Wildman–Crippen LogP) is 1.50.